The van der Waals surface area contributed by atoms with Gasteiger partial charge in [0.1, 0.15) is 0 Å². The molecule has 1 N–H and O–H groups in total. The molecule has 74 valence electrons. The molecular weight excluding hydrogens is 260 g/mol. The lowest BCUT2D eigenvalue weighted by molar-refractivity contribution is 0.865. The molecule has 1 aromatic rings. The van der Waals surface area contributed by atoms with Crippen molar-refractivity contribution in [1.29, 1.82) is 0 Å². The van der Waals surface area contributed by atoms with Crippen LogP contribution in [0, 0.1) is 0 Å². The first-order valence-electron chi connectivity index (χ1n) is 4.47. The first-order chi connectivity index (χ1) is 6.74. The number of benzene rings is 1. The van der Waals surface area contributed by atoms with E-state index in [2.05, 4.69) is 33.2 Å². The van der Waals surface area contributed by atoms with Crippen molar-refractivity contribution in [2.45, 2.75) is 13.0 Å². The molecule has 14 heavy (non-hydrogen) atoms. The number of nitrogens with one attached hydrogen (secondary N) is 1. The molecule has 2 rings (SSSR count). The van der Waals surface area contributed by atoms with Crippen molar-refractivity contribution in [3.05, 3.63) is 28.7 Å². The Kier molecular flexibility index (Phi) is 3.13. The smallest absolute Gasteiger partial charge is 0.161 e. The lowest BCUT2D eigenvalue weighted by atomic mass is 10.3. The van der Waals surface area contributed by atoms with Crippen LogP contribution in [0.2, 0.25) is 0 Å². The Labute approximate surface area is 96.3 Å². The van der Waals surface area contributed by atoms with Gasteiger partial charge in [0.2, 0.25) is 0 Å². The van der Waals surface area contributed by atoms with Gasteiger partial charge in [0.15, 0.2) is 5.17 Å². The first kappa shape index (κ1) is 10.1. The molecule has 1 aliphatic rings. The second-order valence-corrected chi connectivity index (χ2v) is 5.15. The third kappa shape index (κ3) is 2.51. The second-order valence-electron chi connectivity index (χ2n) is 3.23. The van der Waals surface area contributed by atoms with Gasteiger partial charge in [-0.1, -0.05) is 27.7 Å². The number of aliphatic imine (C=N–C) groups is 1. The monoisotopic (exact) mass is 270 g/mol. The molecule has 4 heteroatoms. The van der Waals surface area contributed by atoms with E-state index < -0.39 is 0 Å². The number of thioether (sulfide) groups is 1. The molecule has 1 unspecified atom stereocenters. The van der Waals surface area contributed by atoms with E-state index in [-0.39, 0.29) is 0 Å². The fourth-order valence-electron chi connectivity index (χ4n) is 1.20. The quantitative estimate of drug-likeness (QED) is 0.847. The van der Waals surface area contributed by atoms with Crippen LogP contribution in [0.4, 0.5) is 5.69 Å². The third-order valence-electron chi connectivity index (χ3n) is 1.89. The van der Waals surface area contributed by atoms with E-state index in [9.17, 15) is 0 Å². The van der Waals surface area contributed by atoms with Crippen molar-refractivity contribution >= 4 is 38.5 Å². The molecule has 1 aromatic carbocycles. The summed E-state index contributed by atoms with van der Waals surface area (Å²) >= 11 is 5.18. The predicted octanol–water partition coefficient (Wildman–Crippen LogP) is 3.35. The minimum atomic E-state index is 0.443. The highest BCUT2D eigenvalue weighted by Gasteiger charge is 2.13. The largest absolute Gasteiger partial charge is 0.335 e. The molecule has 0 aromatic heterocycles. The molecular formula is C10H11BrN2S. The molecule has 1 atom stereocenters. The number of hydrogen-bond acceptors (Lipinski definition) is 3. The SMILES string of the molecule is CC1CSC(Nc2ccc(Br)cc2)=N1. The minimum absolute atomic E-state index is 0.443. The van der Waals surface area contributed by atoms with Gasteiger partial charge in [-0.05, 0) is 31.2 Å². The molecule has 1 heterocycles. The van der Waals surface area contributed by atoms with E-state index in [1.807, 2.05) is 24.3 Å². The van der Waals surface area contributed by atoms with Gasteiger partial charge in [-0.25, -0.2) is 0 Å². The third-order valence-corrected chi connectivity index (χ3v) is 3.55. The summed E-state index contributed by atoms with van der Waals surface area (Å²) in [7, 11) is 0. The summed E-state index contributed by atoms with van der Waals surface area (Å²) in [6, 6.07) is 8.56. The van der Waals surface area contributed by atoms with E-state index in [4.69, 9.17) is 0 Å². The molecule has 2 nitrogen and oxygen atoms in total. The van der Waals surface area contributed by atoms with E-state index in [1.54, 1.807) is 11.8 Å². The van der Waals surface area contributed by atoms with E-state index >= 15 is 0 Å². The van der Waals surface area contributed by atoms with Crippen LogP contribution in [0.25, 0.3) is 0 Å². The zero-order valence-electron chi connectivity index (χ0n) is 7.83. The van der Waals surface area contributed by atoms with Crippen LogP contribution in [0.1, 0.15) is 6.92 Å². The Balaban J connectivity index is 2.04. The number of halogens is 1. The fraction of sp³-hybridized carbons (Fsp3) is 0.300. The van der Waals surface area contributed by atoms with Gasteiger partial charge in [0, 0.05) is 15.9 Å². The average molecular weight is 271 g/mol. The average Bonchev–Trinajstić information content (AvgIpc) is 2.56. The topological polar surface area (TPSA) is 24.4 Å². The number of rotatable bonds is 1. The Bertz CT molecular complexity index is 348. The lowest BCUT2D eigenvalue weighted by Crippen LogP contribution is -2.04. The standard InChI is InChI=1S/C10H11BrN2S/c1-7-6-14-10(12-7)13-9-4-2-8(11)3-5-9/h2-5,7H,6H2,1H3,(H,12,13). The van der Waals surface area contributed by atoms with Crippen LogP contribution in [0.5, 0.6) is 0 Å². The first-order valence-corrected chi connectivity index (χ1v) is 6.25. The highest BCUT2D eigenvalue weighted by molar-refractivity contribution is 9.10. The van der Waals surface area contributed by atoms with Crippen molar-refractivity contribution < 1.29 is 0 Å². The molecule has 0 spiro atoms. The van der Waals surface area contributed by atoms with Crippen molar-refractivity contribution in [3.8, 4) is 0 Å². The van der Waals surface area contributed by atoms with Gasteiger partial charge in [0.05, 0.1) is 6.04 Å². The van der Waals surface area contributed by atoms with Crippen LogP contribution < -0.4 is 5.32 Å². The Hall–Kier alpha value is -0.480. The highest BCUT2D eigenvalue weighted by Crippen LogP contribution is 2.20. The van der Waals surface area contributed by atoms with Crippen molar-refractivity contribution in [2.75, 3.05) is 11.1 Å². The summed E-state index contributed by atoms with van der Waals surface area (Å²) in [5.74, 6) is 1.08. The number of amidine groups is 1. The van der Waals surface area contributed by atoms with Gasteiger partial charge in [-0.2, -0.15) is 0 Å². The lowest BCUT2D eigenvalue weighted by Gasteiger charge is -2.04. The molecule has 0 amide bonds. The van der Waals surface area contributed by atoms with Gasteiger partial charge in [-0.15, -0.1) is 0 Å². The van der Waals surface area contributed by atoms with Crippen LogP contribution in [0.3, 0.4) is 0 Å². The second kappa shape index (κ2) is 4.36. The normalized spacial score (nSPS) is 20.7. The maximum Gasteiger partial charge on any atom is 0.161 e. The molecule has 0 fully saturated rings. The van der Waals surface area contributed by atoms with E-state index in [0.717, 1.165) is 21.1 Å². The molecule has 0 saturated carbocycles. The number of nitrogens with zero attached hydrogens (tertiary/aromatic N) is 1. The summed E-state index contributed by atoms with van der Waals surface area (Å²) < 4.78 is 1.09. The zero-order valence-corrected chi connectivity index (χ0v) is 10.2. The van der Waals surface area contributed by atoms with Crippen LogP contribution in [-0.2, 0) is 0 Å². The summed E-state index contributed by atoms with van der Waals surface area (Å²) in [6.07, 6.45) is 0. The summed E-state index contributed by atoms with van der Waals surface area (Å²) in [4.78, 5) is 4.46. The van der Waals surface area contributed by atoms with Crippen LogP contribution in [-0.4, -0.2) is 17.0 Å². The van der Waals surface area contributed by atoms with Crippen molar-refractivity contribution in [2.24, 2.45) is 4.99 Å². The molecule has 1 aliphatic heterocycles. The van der Waals surface area contributed by atoms with Gasteiger partial charge < -0.3 is 5.32 Å². The summed E-state index contributed by atoms with van der Waals surface area (Å²) in [6.45, 7) is 2.13. The Morgan fingerprint density at radius 1 is 1.43 bits per heavy atom. The fourth-order valence-corrected chi connectivity index (χ4v) is 2.38. The maximum absolute atomic E-state index is 4.46. The van der Waals surface area contributed by atoms with E-state index in [1.165, 1.54) is 0 Å². The van der Waals surface area contributed by atoms with Gasteiger partial charge in [-0.3, -0.25) is 4.99 Å². The molecule has 0 aliphatic carbocycles. The van der Waals surface area contributed by atoms with E-state index in [0.29, 0.717) is 6.04 Å². The van der Waals surface area contributed by atoms with Crippen LogP contribution in [0.15, 0.2) is 33.7 Å². The molecule has 0 saturated heterocycles. The number of hydrogen-bond donors (Lipinski definition) is 1. The van der Waals surface area contributed by atoms with Gasteiger partial charge >= 0.3 is 0 Å². The Morgan fingerprint density at radius 2 is 2.14 bits per heavy atom. The van der Waals surface area contributed by atoms with Gasteiger partial charge in [0.25, 0.3) is 0 Å². The predicted molar refractivity (Wildman–Crippen MR) is 67.1 cm³/mol. The van der Waals surface area contributed by atoms with Crippen molar-refractivity contribution in [1.82, 2.24) is 0 Å². The van der Waals surface area contributed by atoms with Crippen LogP contribution >= 0.6 is 27.7 Å². The summed E-state index contributed by atoms with van der Waals surface area (Å²) in [5.41, 5.74) is 1.09. The number of anilines is 1. The molecule has 0 radical (unpaired) electrons. The molecule has 0 bridgehead atoms. The summed E-state index contributed by atoms with van der Waals surface area (Å²) in [5, 5.41) is 4.32. The Morgan fingerprint density at radius 3 is 2.71 bits per heavy atom. The maximum atomic E-state index is 4.46. The van der Waals surface area contributed by atoms with Crippen molar-refractivity contribution in [3.63, 3.8) is 0 Å². The highest BCUT2D eigenvalue weighted by atomic mass is 79.9. The zero-order chi connectivity index (χ0) is 9.97. The minimum Gasteiger partial charge on any atom is -0.335 e.